The van der Waals surface area contributed by atoms with E-state index in [1.807, 2.05) is 31.2 Å². The molecule has 4 rings (SSSR count). The zero-order valence-corrected chi connectivity index (χ0v) is 22.5. The first-order chi connectivity index (χ1) is 18.0. The molecule has 1 aliphatic heterocycles. The summed E-state index contributed by atoms with van der Waals surface area (Å²) in [6.07, 6.45) is -0.0671. The minimum Gasteiger partial charge on any atom is -0.494 e. The van der Waals surface area contributed by atoms with Crippen molar-refractivity contribution in [2.24, 2.45) is 0 Å². The van der Waals surface area contributed by atoms with Gasteiger partial charge >= 0.3 is 0 Å². The highest BCUT2D eigenvalue weighted by molar-refractivity contribution is 6.31. The van der Waals surface area contributed by atoms with Crippen LogP contribution in [0.25, 0.3) is 0 Å². The number of ether oxygens (including phenoxy) is 2. The van der Waals surface area contributed by atoms with Crippen LogP contribution in [-0.4, -0.2) is 41.7 Å². The van der Waals surface area contributed by atoms with E-state index in [-0.39, 0.29) is 6.10 Å². The third-order valence-corrected chi connectivity index (χ3v) is 7.30. The van der Waals surface area contributed by atoms with Crippen molar-refractivity contribution in [3.05, 3.63) is 99.6 Å². The van der Waals surface area contributed by atoms with Crippen LogP contribution in [0, 0.1) is 0 Å². The van der Waals surface area contributed by atoms with E-state index < -0.39 is 18.3 Å². The van der Waals surface area contributed by atoms with Gasteiger partial charge in [0.25, 0.3) is 0 Å². The number of benzene rings is 3. The second-order valence-corrected chi connectivity index (χ2v) is 10.1. The molecule has 0 amide bonds. The van der Waals surface area contributed by atoms with Crippen LogP contribution in [0.5, 0.6) is 5.75 Å². The SMILES string of the molecule is CCNCc1cccc(CCC2OC(c3ccc(Cl)c(Cc4ccc(OCC)cc4)c3)CC(O)C2O)c1. The Morgan fingerprint density at radius 2 is 1.76 bits per heavy atom. The summed E-state index contributed by atoms with van der Waals surface area (Å²) in [6, 6.07) is 22.4. The maximum absolute atomic E-state index is 10.7. The maximum Gasteiger partial charge on any atom is 0.119 e. The number of aliphatic hydroxyl groups is 2. The van der Waals surface area contributed by atoms with Gasteiger partial charge in [0, 0.05) is 18.0 Å². The molecule has 4 unspecified atom stereocenters. The first-order valence-corrected chi connectivity index (χ1v) is 13.6. The number of hydrogen-bond acceptors (Lipinski definition) is 5. The minimum absolute atomic E-state index is 0.306. The molecule has 3 aromatic rings. The summed E-state index contributed by atoms with van der Waals surface area (Å²) in [5, 5.41) is 25.4. The Bertz CT molecular complexity index is 1140. The molecule has 0 saturated carbocycles. The number of hydrogen-bond donors (Lipinski definition) is 3. The number of aryl methyl sites for hydroxylation is 1. The fraction of sp³-hybridized carbons (Fsp3) is 0.419. The predicted molar refractivity (Wildman–Crippen MR) is 148 cm³/mol. The van der Waals surface area contributed by atoms with Gasteiger partial charge in [0.1, 0.15) is 11.9 Å². The van der Waals surface area contributed by atoms with Gasteiger partial charge in [-0.15, -0.1) is 0 Å². The molecule has 3 aromatic carbocycles. The number of aliphatic hydroxyl groups excluding tert-OH is 2. The molecule has 1 saturated heterocycles. The highest BCUT2D eigenvalue weighted by atomic mass is 35.5. The van der Waals surface area contributed by atoms with Crippen LogP contribution >= 0.6 is 11.6 Å². The van der Waals surface area contributed by atoms with Crippen molar-refractivity contribution in [1.82, 2.24) is 5.32 Å². The molecule has 3 N–H and O–H groups in total. The minimum atomic E-state index is -0.906. The van der Waals surface area contributed by atoms with E-state index in [1.165, 1.54) is 11.1 Å². The van der Waals surface area contributed by atoms with Gasteiger partial charge < -0.3 is 25.0 Å². The van der Waals surface area contributed by atoms with Gasteiger partial charge in [-0.1, -0.05) is 67.1 Å². The summed E-state index contributed by atoms with van der Waals surface area (Å²) in [6.45, 7) is 6.47. The summed E-state index contributed by atoms with van der Waals surface area (Å²) in [4.78, 5) is 0. The molecular weight excluding hydrogens is 486 g/mol. The Morgan fingerprint density at radius 1 is 0.973 bits per heavy atom. The molecule has 198 valence electrons. The summed E-state index contributed by atoms with van der Waals surface area (Å²) in [7, 11) is 0. The Kier molecular flexibility index (Phi) is 10.0. The highest BCUT2D eigenvalue weighted by Crippen LogP contribution is 2.35. The lowest BCUT2D eigenvalue weighted by Crippen LogP contribution is -2.45. The van der Waals surface area contributed by atoms with Gasteiger partial charge in [-0.3, -0.25) is 0 Å². The van der Waals surface area contributed by atoms with Crippen LogP contribution in [0.3, 0.4) is 0 Å². The quantitative estimate of drug-likeness (QED) is 0.304. The van der Waals surface area contributed by atoms with Crippen LogP contribution < -0.4 is 10.1 Å². The van der Waals surface area contributed by atoms with E-state index in [1.54, 1.807) is 0 Å². The predicted octanol–water partition coefficient (Wildman–Crippen LogP) is 5.62. The third-order valence-electron chi connectivity index (χ3n) is 6.93. The molecule has 4 atom stereocenters. The number of halogens is 1. The van der Waals surface area contributed by atoms with E-state index in [2.05, 4.69) is 54.7 Å². The molecule has 0 spiro atoms. The Morgan fingerprint density at radius 3 is 2.51 bits per heavy atom. The lowest BCUT2D eigenvalue weighted by atomic mass is 9.90. The normalized spacial score (nSPS) is 21.6. The van der Waals surface area contributed by atoms with Crippen molar-refractivity contribution in [3.8, 4) is 5.75 Å². The largest absolute Gasteiger partial charge is 0.494 e. The fourth-order valence-corrected chi connectivity index (χ4v) is 5.09. The highest BCUT2D eigenvalue weighted by Gasteiger charge is 2.37. The second-order valence-electron chi connectivity index (χ2n) is 9.70. The standard InChI is InChI=1S/C31H38ClNO4/c1-3-33-20-23-7-5-6-21(16-23)10-15-29-31(35)28(34)19-30(37-29)24-11-14-27(32)25(18-24)17-22-8-12-26(13-9-22)36-4-2/h5-9,11-14,16,18,28-31,33-35H,3-4,10,15,17,19-20H2,1-2H3. The van der Waals surface area contributed by atoms with Gasteiger partial charge in [0.05, 0.1) is 24.9 Å². The van der Waals surface area contributed by atoms with Crippen molar-refractivity contribution < 1.29 is 19.7 Å². The van der Waals surface area contributed by atoms with E-state index >= 15 is 0 Å². The smallest absolute Gasteiger partial charge is 0.119 e. The maximum atomic E-state index is 10.7. The zero-order chi connectivity index (χ0) is 26.2. The molecule has 1 aliphatic rings. The Labute approximate surface area is 225 Å². The fourth-order valence-electron chi connectivity index (χ4n) is 4.90. The van der Waals surface area contributed by atoms with Crippen molar-refractivity contribution in [2.45, 2.75) is 70.5 Å². The van der Waals surface area contributed by atoms with Crippen molar-refractivity contribution in [1.29, 1.82) is 0 Å². The molecule has 5 nitrogen and oxygen atoms in total. The molecule has 37 heavy (non-hydrogen) atoms. The average molecular weight is 524 g/mol. The first-order valence-electron chi connectivity index (χ1n) is 13.3. The topological polar surface area (TPSA) is 71.0 Å². The molecule has 0 radical (unpaired) electrons. The third kappa shape index (κ3) is 7.56. The van der Waals surface area contributed by atoms with Crippen molar-refractivity contribution in [3.63, 3.8) is 0 Å². The molecule has 1 heterocycles. The number of nitrogens with one attached hydrogen (secondary N) is 1. The van der Waals surface area contributed by atoms with Crippen LogP contribution in [0.15, 0.2) is 66.7 Å². The summed E-state index contributed by atoms with van der Waals surface area (Å²) < 4.78 is 11.9. The van der Waals surface area contributed by atoms with Gasteiger partial charge in [-0.25, -0.2) is 0 Å². The van der Waals surface area contributed by atoms with E-state index in [0.717, 1.165) is 42.0 Å². The Balaban J connectivity index is 1.43. The van der Waals surface area contributed by atoms with Gasteiger partial charge in [0.15, 0.2) is 0 Å². The van der Waals surface area contributed by atoms with E-state index in [4.69, 9.17) is 21.1 Å². The zero-order valence-electron chi connectivity index (χ0n) is 21.7. The van der Waals surface area contributed by atoms with Gasteiger partial charge in [-0.05, 0) is 78.7 Å². The summed E-state index contributed by atoms with van der Waals surface area (Å²) in [5.41, 5.74) is 5.54. The average Bonchev–Trinajstić information content (AvgIpc) is 2.91. The van der Waals surface area contributed by atoms with Crippen LogP contribution in [-0.2, 0) is 24.1 Å². The van der Waals surface area contributed by atoms with Crippen LogP contribution in [0.4, 0.5) is 0 Å². The summed E-state index contributed by atoms with van der Waals surface area (Å²) >= 11 is 6.55. The molecule has 1 fully saturated rings. The lowest BCUT2D eigenvalue weighted by molar-refractivity contribution is -0.172. The molecule has 0 bridgehead atoms. The summed E-state index contributed by atoms with van der Waals surface area (Å²) in [5.74, 6) is 0.852. The van der Waals surface area contributed by atoms with Crippen LogP contribution in [0.2, 0.25) is 5.02 Å². The van der Waals surface area contributed by atoms with Crippen molar-refractivity contribution in [2.75, 3.05) is 13.2 Å². The van der Waals surface area contributed by atoms with E-state index in [9.17, 15) is 10.2 Å². The number of rotatable bonds is 11. The van der Waals surface area contributed by atoms with Crippen LogP contribution in [0.1, 0.15) is 60.6 Å². The van der Waals surface area contributed by atoms with Gasteiger partial charge in [0.2, 0.25) is 0 Å². The second kappa shape index (κ2) is 13.4. The Hall–Kier alpha value is -2.41. The lowest BCUT2D eigenvalue weighted by Gasteiger charge is -2.37. The van der Waals surface area contributed by atoms with E-state index in [0.29, 0.717) is 30.9 Å². The molecule has 0 aromatic heterocycles. The molecule has 0 aliphatic carbocycles. The molecule has 6 heteroatoms. The van der Waals surface area contributed by atoms with Crippen molar-refractivity contribution >= 4 is 11.6 Å². The van der Waals surface area contributed by atoms with Gasteiger partial charge in [-0.2, -0.15) is 0 Å². The monoisotopic (exact) mass is 523 g/mol. The first kappa shape index (κ1) is 27.6. The molecular formula is C31H38ClNO4.